The molecule has 9 rings (SSSR count). The number of aromatic nitrogens is 4. The van der Waals surface area contributed by atoms with Crippen molar-refractivity contribution in [3.05, 3.63) is 84.9 Å². The zero-order valence-corrected chi connectivity index (χ0v) is 30.6. The van der Waals surface area contributed by atoms with Gasteiger partial charge in [-0.25, -0.2) is 9.78 Å². The zero-order valence-electron chi connectivity index (χ0n) is 30.6. The van der Waals surface area contributed by atoms with Crippen LogP contribution in [0.1, 0.15) is 37.4 Å². The summed E-state index contributed by atoms with van der Waals surface area (Å²) in [6, 6.07) is 16.9. The third-order valence-electron chi connectivity index (χ3n) is 11.3. The predicted molar refractivity (Wildman–Crippen MR) is 204 cm³/mol. The Kier molecular flexibility index (Phi) is 9.75. The summed E-state index contributed by atoms with van der Waals surface area (Å²) in [6.45, 7) is 5.97. The van der Waals surface area contributed by atoms with Gasteiger partial charge in [0.2, 0.25) is 12.1 Å². The molecule has 4 aliphatic rings. The highest BCUT2D eigenvalue weighted by atomic mass is 16.7. The summed E-state index contributed by atoms with van der Waals surface area (Å²) in [6.07, 6.45) is 9.34. The summed E-state index contributed by atoms with van der Waals surface area (Å²) >= 11 is 0. The maximum Gasteiger partial charge on any atom is 0.385 e. The van der Waals surface area contributed by atoms with Gasteiger partial charge in [-0.3, -0.25) is 14.8 Å². The third-order valence-corrected chi connectivity index (χ3v) is 11.3. The van der Waals surface area contributed by atoms with E-state index in [2.05, 4.69) is 35.0 Å². The van der Waals surface area contributed by atoms with Crippen LogP contribution in [0.2, 0.25) is 0 Å². The van der Waals surface area contributed by atoms with Crippen molar-refractivity contribution in [2.45, 2.75) is 37.8 Å². The number of amides is 1. The summed E-state index contributed by atoms with van der Waals surface area (Å²) < 4.78 is 12.9. The lowest BCUT2D eigenvalue weighted by atomic mass is 9.99. The number of aliphatic hydroxyl groups excluding tert-OH is 1. The van der Waals surface area contributed by atoms with Crippen molar-refractivity contribution in [3.8, 4) is 11.5 Å². The van der Waals surface area contributed by atoms with E-state index in [0.717, 1.165) is 54.9 Å². The fourth-order valence-electron chi connectivity index (χ4n) is 8.29. The molecule has 4 atom stereocenters. The van der Waals surface area contributed by atoms with E-state index in [1.165, 1.54) is 4.73 Å². The number of nitrogens with one attached hydrogen (secondary N) is 1. The van der Waals surface area contributed by atoms with E-state index in [1.54, 1.807) is 24.8 Å². The molecular weight excluding hydrogens is 701 g/mol. The average Bonchev–Trinajstić information content (AvgIpc) is 4.04. The first-order chi connectivity index (χ1) is 26.9. The lowest BCUT2D eigenvalue weighted by Gasteiger charge is -2.30. The molecule has 4 unspecified atom stereocenters. The summed E-state index contributed by atoms with van der Waals surface area (Å²) in [5, 5.41) is 14.8. The Hall–Kier alpha value is -5.60. The molecule has 2 aromatic heterocycles. The van der Waals surface area contributed by atoms with Gasteiger partial charge in [0.1, 0.15) is 24.8 Å². The smallest absolute Gasteiger partial charge is 0.385 e. The number of benzene rings is 3. The number of fused-ring (bicyclic) bond motifs is 3. The summed E-state index contributed by atoms with van der Waals surface area (Å²) in [7, 11) is 0. The Morgan fingerprint density at radius 3 is 2.31 bits per heavy atom. The molecule has 4 aliphatic heterocycles. The minimum absolute atomic E-state index is 0.0632. The second-order valence-corrected chi connectivity index (χ2v) is 14.9. The number of aliphatic hydroxyl groups is 1. The molecule has 6 heterocycles. The van der Waals surface area contributed by atoms with Crippen LogP contribution in [0.25, 0.3) is 22.1 Å². The number of likely N-dealkylation sites (tertiary alicyclic amines) is 1. The molecule has 14 nitrogen and oxygen atoms in total. The summed E-state index contributed by atoms with van der Waals surface area (Å²) in [4.78, 5) is 53.2. The fourth-order valence-corrected chi connectivity index (χ4v) is 8.29. The Bertz CT molecular complexity index is 2220. The SMILES string of the molecule is O=C(NC(CN1CCCC1)C(O)c1ccc2c(c1)OCCO2)C1CCN(c2ccc3c(c2)ncc[n+]3OC(=O)C2CCN(c3ccc4nccnc4c3)C2)C1. The molecule has 0 bridgehead atoms. The molecule has 0 aliphatic carbocycles. The van der Waals surface area contributed by atoms with E-state index < -0.39 is 12.1 Å². The van der Waals surface area contributed by atoms with Crippen LogP contribution >= 0.6 is 0 Å². The Labute approximate surface area is 318 Å². The van der Waals surface area contributed by atoms with Crippen molar-refractivity contribution < 1.29 is 33.7 Å². The molecule has 284 valence electrons. The second-order valence-electron chi connectivity index (χ2n) is 14.9. The molecule has 3 saturated heterocycles. The van der Waals surface area contributed by atoms with Crippen LogP contribution in [0, 0.1) is 11.8 Å². The van der Waals surface area contributed by atoms with E-state index >= 15 is 0 Å². The van der Waals surface area contributed by atoms with E-state index in [-0.39, 0.29) is 23.7 Å². The molecule has 14 heteroatoms. The molecular formula is C41H45N8O6+. The Morgan fingerprint density at radius 1 is 0.800 bits per heavy atom. The van der Waals surface area contributed by atoms with Crippen LogP contribution in [0.15, 0.2) is 79.4 Å². The van der Waals surface area contributed by atoms with Gasteiger partial charge in [0.15, 0.2) is 11.5 Å². The van der Waals surface area contributed by atoms with Crippen LogP contribution in [0.5, 0.6) is 11.5 Å². The predicted octanol–water partition coefficient (Wildman–Crippen LogP) is 2.86. The van der Waals surface area contributed by atoms with E-state index in [4.69, 9.17) is 14.3 Å². The van der Waals surface area contributed by atoms with Crippen LogP contribution < -0.4 is 34.2 Å². The number of rotatable bonds is 10. The van der Waals surface area contributed by atoms with Gasteiger partial charge in [0.05, 0.1) is 35.1 Å². The normalized spacial score (nSPS) is 20.9. The molecule has 2 N–H and O–H groups in total. The number of hydrogen-bond donors (Lipinski definition) is 2. The molecule has 5 aromatic rings. The van der Waals surface area contributed by atoms with Gasteiger partial charge in [0, 0.05) is 67.3 Å². The molecule has 3 fully saturated rings. The number of hydrogen-bond acceptors (Lipinski definition) is 12. The van der Waals surface area contributed by atoms with E-state index in [1.807, 2.05) is 54.6 Å². The third kappa shape index (κ3) is 7.43. The van der Waals surface area contributed by atoms with E-state index in [9.17, 15) is 14.7 Å². The van der Waals surface area contributed by atoms with Gasteiger partial charge in [0.25, 0.3) is 5.52 Å². The van der Waals surface area contributed by atoms with Crippen molar-refractivity contribution >= 4 is 45.3 Å². The number of anilines is 2. The lowest BCUT2D eigenvalue weighted by Crippen LogP contribution is -2.49. The minimum Gasteiger partial charge on any atom is -0.486 e. The molecule has 0 radical (unpaired) electrons. The van der Waals surface area contributed by atoms with Crippen molar-refractivity contribution in [1.82, 2.24) is 25.2 Å². The van der Waals surface area contributed by atoms with E-state index in [0.29, 0.717) is 80.3 Å². The van der Waals surface area contributed by atoms with Crippen molar-refractivity contribution in [1.29, 1.82) is 0 Å². The van der Waals surface area contributed by atoms with Gasteiger partial charge in [-0.15, -0.1) is 0 Å². The highest BCUT2D eigenvalue weighted by Crippen LogP contribution is 2.34. The molecule has 0 saturated carbocycles. The molecule has 1 amide bonds. The largest absolute Gasteiger partial charge is 0.486 e. The minimum atomic E-state index is -0.905. The molecule has 3 aromatic carbocycles. The van der Waals surface area contributed by atoms with Crippen molar-refractivity contribution in [2.24, 2.45) is 11.8 Å². The first kappa shape index (κ1) is 35.1. The van der Waals surface area contributed by atoms with Crippen LogP contribution in [-0.2, 0) is 9.59 Å². The zero-order chi connectivity index (χ0) is 37.3. The standard InChI is InChI=1S/C41H44N8O6/c50-39(27-3-8-37-38(21-27)54-20-19-53-37)35(26-46-14-1-2-15-46)45-40(51)28-9-16-47(24-28)31-5-7-36-34(23-31)44-13-18-49(36)55-41(52)29-10-17-48(25-29)30-4-6-32-33(22-30)43-12-11-42-32/h3-8,11-13,18,21-23,28-29,35,39,50H,1-2,9-10,14-17,19-20,24-26H2/p+1. The van der Waals surface area contributed by atoms with Crippen LogP contribution in [0.4, 0.5) is 11.4 Å². The summed E-state index contributed by atoms with van der Waals surface area (Å²) in [5.74, 6) is 0.402. The van der Waals surface area contributed by atoms with Gasteiger partial charge >= 0.3 is 5.97 Å². The quantitative estimate of drug-likeness (QED) is 0.203. The average molecular weight is 746 g/mol. The fraction of sp³-hybridized carbons (Fsp3) is 0.415. The Balaban J connectivity index is 0.839. The molecule has 55 heavy (non-hydrogen) atoms. The first-order valence-corrected chi connectivity index (χ1v) is 19.3. The number of ether oxygens (including phenoxy) is 2. The number of carbonyl (C=O) groups excluding carboxylic acids is 2. The number of carbonyl (C=O) groups is 2. The second kappa shape index (κ2) is 15.3. The van der Waals surface area contributed by atoms with Gasteiger partial charge < -0.3 is 34.6 Å². The maximum absolute atomic E-state index is 13.8. The summed E-state index contributed by atoms with van der Waals surface area (Å²) in [5.41, 5.74) is 5.65. The number of nitrogens with zero attached hydrogens (tertiary/aromatic N) is 7. The molecule has 0 spiro atoms. The highest BCUT2D eigenvalue weighted by Gasteiger charge is 2.35. The highest BCUT2D eigenvalue weighted by molar-refractivity contribution is 5.82. The Morgan fingerprint density at radius 2 is 1.49 bits per heavy atom. The van der Waals surface area contributed by atoms with Crippen molar-refractivity contribution in [3.63, 3.8) is 0 Å². The van der Waals surface area contributed by atoms with Crippen LogP contribution in [0.3, 0.4) is 0 Å². The maximum atomic E-state index is 13.8. The van der Waals surface area contributed by atoms with Crippen molar-refractivity contribution in [2.75, 3.05) is 68.8 Å². The lowest BCUT2D eigenvalue weighted by molar-refractivity contribution is -0.849. The topological polar surface area (TPSA) is 146 Å². The van der Waals surface area contributed by atoms with Crippen LogP contribution in [-0.4, -0.2) is 102 Å². The monoisotopic (exact) mass is 745 g/mol. The first-order valence-electron chi connectivity index (χ1n) is 19.3. The van der Waals surface area contributed by atoms with Gasteiger partial charge in [-0.2, -0.15) is 4.84 Å². The van der Waals surface area contributed by atoms with Gasteiger partial charge in [-0.05, 0) is 86.8 Å². The van der Waals surface area contributed by atoms with Gasteiger partial charge in [-0.1, -0.05) is 6.07 Å².